The molecule has 1 aliphatic heterocycles. The molecule has 1 rings (SSSR count). The smallest absolute Gasteiger partial charge is 0.229 e. The highest BCUT2D eigenvalue weighted by Gasteiger charge is 2.34. The highest BCUT2D eigenvalue weighted by atomic mass is 16.5. The second-order valence-electron chi connectivity index (χ2n) is 4.77. The van der Waals surface area contributed by atoms with E-state index in [1.54, 1.807) is 0 Å². The Morgan fingerprint density at radius 1 is 1.56 bits per heavy atom. The van der Waals surface area contributed by atoms with Crippen molar-refractivity contribution < 1.29 is 9.53 Å². The molecular weight excluding hydrogens is 204 g/mol. The van der Waals surface area contributed by atoms with Crippen molar-refractivity contribution in [2.75, 3.05) is 33.9 Å². The molecule has 3 atom stereocenters. The molecule has 4 heteroatoms. The summed E-state index contributed by atoms with van der Waals surface area (Å²) in [6.07, 6.45) is 1.11. The van der Waals surface area contributed by atoms with Crippen LogP contribution in [-0.4, -0.2) is 50.7 Å². The van der Waals surface area contributed by atoms with Gasteiger partial charge in [-0.3, -0.25) is 4.79 Å². The Morgan fingerprint density at radius 2 is 2.25 bits per heavy atom. The summed E-state index contributed by atoms with van der Waals surface area (Å²) in [5.41, 5.74) is 0. The quantitative estimate of drug-likeness (QED) is 0.754. The molecular formula is C12H24N2O2. The van der Waals surface area contributed by atoms with E-state index in [1.807, 2.05) is 19.0 Å². The highest BCUT2D eigenvalue weighted by molar-refractivity contribution is 5.79. The van der Waals surface area contributed by atoms with Crippen LogP contribution in [0.15, 0.2) is 0 Å². The van der Waals surface area contributed by atoms with E-state index in [0.717, 1.165) is 13.0 Å². The van der Waals surface area contributed by atoms with E-state index in [2.05, 4.69) is 19.2 Å². The standard InChI is InChI=1S/C12H24N2O2/c1-5-9(2)6-14(4)12(15)10-7-16-8-11(10)13-3/h9-11,13H,5-8H2,1-4H3. The van der Waals surface area contributed by atoms with Gasteiger partial charge in [-0.25, -0.2) is 0 Å². The fourth-order valence-electron chi connectivity index (χ4n) is 2.05. The fourth-order valence-corrected chi connectivity index (χ4v) is 2.05. The molecule has 1 N–H and O–H groups in total. The number of hydrogen-bond donors (Lipinski definition) is 1. The first kappa shape index (κ1) is 13.5. The third-order valence-electron chi connectivity index (χ3n) is 3.43. The first-order chi connectivity index (χ1) is 7.60. The van der Waals surface area contributed by atoms with Gasteiger partial charge in [-0.15, -0.1) is 0 Å². The maximum Gasteiger partial charge on any atom is 0.229 e. The van der Waals surface area contributed by atoms with Crippen LogP contribution in [0, 0.1) is 11.8 Å². The predicted octanol–water partition coefficient (Wildman–Crippen LogP) is 0.725. The van der Waals surface area contributed by atoms with Crippen LogP contribution in [0.3, 0.4) is 0 Å². The minimum absolute atomic E-state index is 0.0148. The van der Waals surface area contributed by atoms with Crippen molar-refractivity contribution in [3.05, 3.63) is 0 Å². The summed E-state index contributed by atoms with van der Waals surface area (Å²) in [6.45, 7) is 6.35. The average molecular weight is 228 g/mol. The molecule has 1 fully saturated rings. The number of nitrogens with one attached hydrogen (secondary N) is 1. The van der Waals surface area contributed by atoms with Crippen molar-refractivity contribution in [3.63, 3.8) is 0 Å². The molecule has 1 aliphatic rings. The van der Waals surface area contributed by atoms with Gasteiger partial charge in [0, 0.05) is 19.6 Å². The van der Waals surface area contributed by atoms with Crippen molar-refractivity contribution in [2.45, 2.75) is 26.3 Å². The molecule has 0 aromatic carbocycles. The van der Waals surface area contributed by atoms with Gasteiger partial charge in [-0.2, -0.15) is 0 Å². The van der Waals surface area contributed by atoms with Crippen LogP contribution in [0.25, 0.3) is 0 Å². The molecule has 16 heavy (non-hydrogen) atoms. The molecule has 0 spiro atoms. The SMILES string of the molecule is CCC(C)CN(C)C(=O)C1COCC1NC. The van der Waals surface area contributed by atoms with Crippen molar-refractivity contribution in [3.8, 4) is 0 Å². The van der Waals surface area contributed by atoms with E-state index < -0.39 is 0 Å². The maximum atomic E-state index is 12.2. The number of hydrogen-bond acceptors (Lipinski definition) is 3. The summed E-state index contributed by atoms with van der Waals surface area (Å²) in [7, 11) is 3.77. The Balaban J connectivity index is 2.49. The van der Waals surface area contributed by atoms with E-state index in [4.69, 9.17) is 4.74 Å². The van der Waals surface area contributed by atoms with Crippen molar-refractivity contribution in [2.24, 2.45) is 11.8 Å². The van der Waals surface area contributed by atoms with Gasteiger partial charge in [0.1, 0.15) is 0 Å². The molecule has 4 nitrogen and oxygen atoms in total. The molecule has 0 aliphatic carbocycles. The van der Waals surface area contributed by atoms with Gasteiger partial charge in [-0.05, 0) is 13.0 Å². The second-order valence-corrected chi connectivity index (χ2v) is 4.77. The number of likely N-dealkylation sites (N-methyl/N-ethyl adjacent to an activating group) is 1. The Kier molecular flexibility index (Phi) is 5.22. The zero-order valence-electron chi connectivity index (χ0n) is 10.8. The number of ether oxygens (including phenoxy) is 1. The summed E-state index contributed by atoms with van der Waals surface area (Å²) in [5.74, 6) is 0.750. The average Bonchev–Trinajstić information content (AvgIpc) is 2.75. The fraction of sp³-hybridized carbons (Fsp3) is 0.917. The van der Waals surface area contributed by atoms with Crippen LogP contribution in [-0.2, 0) is 9.53 Å². The van der Waals surface area contributed by atoms with Crippen LogP contribution >= 0.6 is 0 Å². The molecule has 0 aromatic heterocycles. The van der Waals surface area contributed by atoms with Gasteiger partial charge in [0.25, 0.3) is 0 Å². The van der Waals surface area contributed by atoms with Crippen LogP contribution < -0.4 is 5.32 Å². The molecule has 0 aromatic rings. The summed E-state index contributed by atoms with van der Waals surface area (Å²) < 4.78 is 5.35. The Morgan fingerprint density at radius 3 is 2.81 bits per heavy atom. The van der Waals surface area contributed by atoms with Crippen molar-refractivity contribution in [1.82, 2.24) is 10.2 Å². The largest absolute Gasteiger partial charge is 0.379 e. The molecule has 94 valence electrons. The lowest BCUT2D eigenvalue weighted by atomic mass is 10.0. The molecule has 0 radical (unpaired) electrons. The van der Waals surface area contributed by atoms with Gasteiger partial charge in [-0.1, -0.05) is 20.3 Å². The second kappa shape index (κ2) is 6.21. The normalized spacial score (nSPS) is 26.8. The monoisotopic (exact) mass is 228 g/mol. The topological polar surface area (TPSA) is 41.6 Å². The van der Waals surface area contributed by atoms with E-state index in [-0.39, 0.29) is 17.9 Å². The molecule has 0 saturated carbocycles. The lowest BCUT2D eigenvalue weighted by Crippen LogP contribution is -2.44. The number of rotatable bonds is 5. The van der Waals surface area contributed by atoms with Gasteiger partial charge in [0.05, 0.1) is 19.1 Å². The molecule has 3 unspecified atom stereocenters. The number of carbonyl (C=O) groups is 1. The first-order valence-electron chi connectivity index (χ1n) is 6.10. The molecule has 1 heterocycles. The molecule has 0 bridgehead atoms. The lowest BCUT2D eigenvalue weighted by Gasteiger charge is -2.25. The number of nitrogens with zero attached hydrogens (tertiary/aromatic N) is 1. The Labute approximate surface area is 98.3 Å². The van der Waals surface area contributed by atoms with Gasteiger partial charge in [0.15, 0.2) is 0 Å². The lowest BCUT2D eigenvalue weighted by molar-refractivity contribution is -0.135. The third kappa shape index (κ3) is 3.19. The van der Waals surface area contributed by atoms with Crippen LogP contribution in [0.4, 0.5) is 0 Å². The van der Waals surface area contributed by atoms with Crippen molar-refractivity contribution in [1.29, 1.82) is 0 Å². The Hall–Kier alpha value is -0.610. The Bertz CT molecular complexity index is 233. The minimum atomic E-state index is -0.0148. The van der Waals surface area contributed by atoms with Gasteiger partial charge >= 0.3 is 0 Å². The third-order valence-corrected chi connectivity index (χ3v) is 3.43. The first-order valence-corrected chi connectivity index (χ1v) is 6.10. The summed E-state index contributed by atoms with van der Waals surface area (Å²) in [5, 5.41) is 3.14. The highest BCUT2D eigenvalue weighted by Crippen LogP contribution is 2.16. The minimum Gasteiger partial charge on any atom is -0.379 e. The van der Waals surface area contributed by atoms with Gasteiger partial charge < -0.3 is 15.0 Å². The summed E-state index contributed by atoms with van der Waals surface area (Å²) in [6, 6.07) is 0.173. The van der Waals surface area contributed by atoms with Crippen LogP contribution in [0.1, 0.15) is 20.3 Å². The number of carbonyl (C=O) groups excluding carboxylic acids is 1. The van der Waals surface area contributed by atoms with E-state index in [9.17, 15) is 4.79 Å². The molecule has 1 saturated heterocycles. The van der Waals surface area contributed by atoms with Crippen molar-refractivity contribution >= 4 is 5.91 Å². The maximum absolute atomic E-state index is 12.2. The molecule has 1 amide bonds. The summed E-state index contributed by atoms with van der Waals surface area (Å²) >= 11 is 0. The zero-order chi connectivity index (χ0) is 12.1. The van der Waals surface area contributed by atoms with Crippen LogP contribution in [0.2, 0.25) is 0 Å². The van der Waals surface area contributed by atoms with Gasteiger partial charge in [0.2, 0.25) is 5.91 Å². The van der Waals surface area contributed by atoms with E-state index in [1.165, 1.54) is 0 Å². The van der Waals surface area contributed by atoms with E-state index in [0.29, 0.717) is 19.1 Å². The predicted molar refractivity (Wildman–Crippen MR) is 64.2 cm³/mol. The van der Waals surface area contributed by atoms with E-state index >= 15 is 0 Å². The van der Waals surface area contributed by atoms with Crippen LogP contribution in [0.5, 0.6) is 0 Å². The zero-order valence-corrected chi connectivity index (χ0v) is 10.8. The number of amides is 1. The summed E-state index contributed by atoms with van der Waals surface area (Å²) in [4.78, 5) is 14.0.